The van der Waals surface area contributed by atoms with Crippen LogP contribution >= 0.6 is 0 Å². The van der Waals surface area contributed by atoms with E-state index < -0.39 is 11.9 Å². The van der Waals surface area contributed by atoms with Crippen LogP contribution in [0.15, 0.2) is 212 Å². The Kier molecular flexibility index (Phi) is 8.86. The maximum Gasteiger partial charge on any atom is 0.338 e. The molecule has 350 valence electrons. The zero-order valence-electron chi connectivity index (χ0n) is 38.9. The molecule has 74 heavy (non-hydrogen) atoms. The predicted molar refractivity (Wildman–Crippen MR) is 282 cm³/mol. The smallest absolute Gasteiger partial charge is 0.338 e. The Morgan fingerprint density at radius 1 is 0.365 bits per heavy atom. The third-order valence-corrected chi connectivity index (χ3v) is 14.9. The molecule has 0 amide bonds. The van der Waals surface area contributed by atoms with Gasteiger partial charge < -0.3 is 27.9 Å². The van der Waals surface area contributed by atoms with Crippen LogP contribution in [0, 0.1) is 0 Å². The lowest BCUT2D eigenvalue weighted by Crippen LogP contribution is -2.27. The Labute approximate surface area is 420 Å². The van der Waals surface area contributed by atoms with Crippen molar-refractivity contribution in [3.8, 4) is 67.8 Å². The highest BCUT2D eigenvalue weighted by atomic mass is 16.4. The van der Waals surface area contributed by atoms with Gasteiger partial charge >= 0.3 is 11.9 Å². The van der Waals surface area contributed by atoms with Crippen molar-refractivity contribution in [1.82, 2.24) is 9.97 Å². The quantitative estimate of drug-likeness (QED) is 0.150. The lowest BCUT2D eigenvalue weighted by atomic mass is 9.60. The normalized spacial score (nSPS) is 14.4. The van der Waals surface area contributed by atoms with Gasteiger partial charge in [0, 0.05) is 44.9 Å². The first-order chi connectivity index (χ1) is 36.4. The van der Waals surface area contributed by atoms with E-state index in [0.29, 0.717) is 56.1 Å². The van der Waals surface area contributed by atoms with Crippen molar-refractivity contribution in [2.45, 2.75) is 11.8 Å². The fourth-order valence-electron chi connectivity index (χ4n) is 11.7. The molecule has 9 aromatic carbocycles. The SMILES string of the molecule is O=C(O)c1c(-c2ccccc2)cc(-c2ccccc2)c2oc(-c3cc4ccc5c(c4o3)C3c4ccccc4C5c4ccc5cc(-c6nc7c(C(=O)O)c(-c8ccccc8)cc(-c8ccccc8)c7o6)oc5c43)nc12. The Morgan fingerprint density at radius 2 is 0.730 bits per heavy atom. The van der Waals surface area contributed by atoms with Crippen molar-refractivity contribution in [3.05, 3.63) is 239 Å². The van der Waals surface area contributed by atoms with Crippen molar-refractivity contribution in [3.63, 3.8) is 0 Å². The molecule has 0 fully saturated rings. The van der Waals surface area contributed by atoms with Gasteiger partial charge in [0.05, 0.1) is 11.1 Å². The number of aromatic nitrogens is 2. The van der Waals surface area contributed by atoms with Crippen LogP contribution in [0.25, 0.3) is 112 Å². The Balaban J connectivity index is 0.908. The molecule has 4 heterocycles. The zero-order chi connectivity index (χ0) is 49.3. The first-order valence-corrected chi connectivity index (χ1v) is 24.2. The van der Waals surface area contributed by atoms with Crippen molar-refractivity contribution >= 4 is 56.1 Å². The van der Waals surface area contributed by atoms with Gasteiger partial charge in [-0.2, -0.15) is 0 Å². The van der Waals surface area contributed by atoms with E-state index in [4.69, 9.17) is 27.6 Å². The van der Waals surface area contributed by atoms with E-state index in [1.807, 2.05) is 146 Å². The Morgan fingerprint density at radius 3 is 1.12 bits per heavy atom. The highest BCUT2D eigenvalue weighted by Gasteiger charge is 2.45. The van der Waals surface area contributed by atoms with E-state index in [1.54, 1.807) is 0 Å². The molecular formula is C64H36N2O8. The Hall–Kier alpha value is -10.1. The molecule has 3 aliphatic rings. The first-order valence-electron chi connectivity index (χ1n) is 24.2. The summed E-state index contributed by atoms with van der Waals surface area (Å²) in [5, 5.41) is 23.3. The van der Waals surface area contributed by atoms with E-state index in [9.17, 15) is 19.8 Å². The number of carboxylic acid groups (broad SMARTS) is 2. The molecule has 0 atom stereocenters. The number of fused-ring (bicyclic) bond motifs is 4. The minimum Gasteiger partial charge on any atom is -0.478 e. The van der Waals surface area contributed by atoms with E-state index in [1.165, 1.54) is 5.56 Å². The van der Waals surface area contributed by atoms with E-state index >= 15 is 0 Å². The number of hydrogen-bond acceptors (Lipinski definition) is 8. The lowest BCUT2D eigenvalue weighted by Gasteiger charge is -2.41. The number of furan rings is 2. The van der Waals surface area contributed by atoms with E-state index in [2.05, 4.69) is 48.5 Å². The van der Waals surface area contributed by atoms with Gasteiger partial charge in [0.15, 0.2) is 22.7 Å². The van der Waals surface area contributed by atoms with Crippen LogP contribution < -0.4 is 0 Å². The van der Waals surface area contributed by atoms with Gasteiger partial charge in [0.1, 0.15) is 22.2 Å². The minimum atomic E-state index is -1.12. The molecule has 16 rings (SSSR count). The van der Waals surface area contributed by atoms with Gasteiger partial charge in [-0.05, 0) is 79.9 Å². The summed E-state index contributed by atoms with van der Waals surface area (Å²) in [6, 6.07) is 62.9. The standard InChI is InChI=1S/C64H36N2O8/c67-63(68)53-43(33-15-5-1-6-16-33)31-45(35-19-9-3-10-20-35)59-55(53)65-61(73-59)47-29-37-25-27-41-49-39-23-13-14-24-40(39)50(51(41)57(37)71-47)52-42(49)28-26-38-30-48(72-58(38)52)62-66-56-54(64(69)70)44(34-17-7-2-8-18-34)32-46(60(56)74-62)36-21-11-4-12-22-36/h1-32,49-50H,(H,67,68)(H,69,70). The number of oxazole rings is 2. The topological polar surface area (TPSA) is 153 Å². The number of rotatable bonds is 8. The number of nitrogens with zero attached hydrogens (tertiary/aromatic N) is 2. The molecule has 0 aliphatic heterocycles. The molecule has 0 saturated carbocycles. The molecule has 10 heteroatoms. The van der Waals surface area contributed by atoms with E-state index in [0.717, 1.165) is 60.8 Å². The van der Waals surface area contributed by atoms with Crippen LogP contribution in [0.2, 0.25) is 0 Å². The molecule has 2 N–H and O–H groups in total. The van der Waals surface area contributed by atoms with Gasteiger partial charge in [-0.3, -0.25) is 0 Å². The average Bonchev–Trinajstić information content (AvgIpc) is 4.37. The third kappa shape index (κ3) is 6.05. The largest absolute Gasteiger partial charge is 0.478 e. The van der Waals surface area contributed by atoms with Crippen LogP contribution in [-0.2, 0) is 0 Å². The second-order valence-corrected chi connectivity index (χ2v) is 18.9. The van der Waals surface area contributed by atoms with Crippen LogP contribution in [-0.4, -0.2) is 32.1 Å². The summed E-state index contributed by atoms with van der Waals surface area (Å²) in [6.45, 7) is 0. The summed E-state index contributed by atoms with van der Waals surface area (Å²) in [5.74, 6) is -1.70. The molecule has 10 nitrogen and oxygen atoms in total. The molecule has 2 bridgehead atoms. The number of benzene rings is 9. The molecular weight excluding hydrogens is 925 g/mol. The zero-order valence-corrected chi connectivity index (χ0v) is 38.9. The highest BCUT2D eigenvalue weighted by molar-refractivity contribution is 6.13. The minimum absolute atomic E-state index is 0.0375. The van der Waals surface area contributed by atoms with Crippen LogP contribution in [0.3, 0.4) is 0 Å². The van der Waals surface area contributed by atoms with Gasteiger partial charge in [-0.25, -0.2) is 19.6 Å². The summed E-state index contributed by atoms with van der Waals surface area (Å²) in [7, 11) is 0. The van der Waals surface area contributed by atoms with Gasteiger partial charge in [-0.15, -0.1) is 0 Å². The van der Waals surface area contributed by atoms with Crippen molar-refractivity contribution in [2.24, 2.45) is 0 Å². The number of hydrogen-bond donors (Lipinski definition) is 2. The number of aromatic carboxylic acids is 2. The van der Waals surface area contributed by atoms with Crippen LogP contribution in [0.5, 0.6) is 0 Å². The van der Waals surface area contributed by atoms with Gasteiger partial charge in [0.25, 0.3) is 11.8 Å². The average molecular weight is 961 g/mol. The fraction of sp³-hybridized carbons (Fsp3) is 0.0312. The summed E-state index contributed by atoms with van der Waals surface area (Å²) in [4.78, 5) is 36.3. The molecule has 0 saturated heterocycles. The second-order valence-electron chi connectivity index (χ2n) is 18.9. The highest BCUT2D eigenvalue weighted by Crippen LogP contribution is 2.59. The van der Waals surface area contributed by atoms with Crippen molar-refractivity contribution < 1.29 is 37.5 Å². The van der Waals surface area contributed by atoms with Gasteiger partial charge in [-0.1, -0.05) is 170 Å². The molecule has 4 aromatic heterocycles. The number of carbonyl (C=O) groups is 2. The van der Waals surface area contributed by atoms with Crippen molar-refractivity contribution in [1.29, 1.82) is 0 Å². The fourth-order valence-corrected chi connectivity index (χ4v) is 11.7. The molecule has 0 spiro atoms. The number of carboxylic acids is 2. The second kappa shape index (κ2) is 15.7. The summed E-state index contributed by atoms with van der Waals surface area (Å²) < 4.78 is 27.2. The summed E-state index contributed by atoms with van der Waals surface area (Å²) in [5.41, 5.74) is 14.7. The lowest BCUT2D eigenvalue weighted by molar-refractivity contribution is 0.0688. The van der Waals surface area contributed by atoms with Crippen molar-refractivity contribution in [2.75, 3.05) is 0 Å². The summed E-state index contributed by atoms with van der Waals surface area (Å²) in [6.07, 6.45) is 0. The molecule has 0 unspecified atom stereocenters. The molecule has 3 aliphatic carbocycles. The molecule has 13 aromatic rings. The monoisotopic (exact) mass is 960 g/mol. The van der Waals surface area contributed by atoms with Crippen LogP contribution in [0.1, 0.15) is 65.9 Å². The third-order valence-electron chi connectivity index (χ3n) is 14.9. The maximum absolute atomic E-state index is 13.2. The Bertz CT molecular complexity index is 4230. The predicted octanol–water partition coefficient (Wildman–Crippen LogP) is 15.8. The van der Waals surface area contributed by atoms with E-state index in [-0.39, 0.29) is 45.8 Å². The summed E-state index contributed by atoms with van der Waals surface area (Å²) >= 11 is 0. The van der Waals surface area contributed by atoms with Crippen LogP contribution in [0.4, 0.5) is 0 Å². The maximum atomic E-state index is 13.2. The first kappa shape index (κ1) is 41.7. The van der Waals surface area contributed by atoms with Gasteiger partial charge in [0.2, 0.25) is 0 Å². The molecule has 0 radical (unpaired) electrons.